The second-order valence-corrected chi connectivity index (χ2v) is 4.43. The van der Waals surface area contributed by atoms with Crippen molar-refractivity contribution in [3.05, 3.63) is 11.9 Å². The van der Waals surface area contributed by atoms with E-state index in [0.29, 0.717) is 32.1 Å². The van der Waals surface area contributed by atoms with Crippen molar-refractivity contribution in [3.8, 4) is 6.07 Å². The first kappa shape index (κ1) is 14.5. The summed E-state index contributed by atoms with van der Waals surface area (Å²) in [6.45, 7) is 4.92. The highest BCUT2D eigenvalue weighted by atomic mass is 16.5. The number of hydrogen-bond donors (Lipinski definition) is 1. The molecule has 7 heteroatoms. The predicted molar refractivity (Wildman–Crippen MR) is 74.5 cm³/mol. The maximum Gasteiger partial charge on any atom is 0.161 e. The Kier molecular flexibility index (Phi) is 5.09. The van der Waals surface area contributed by atoms with E-state index in [-0.39, 0.29) is 0 Å². The molecule has 108 valence electrons. The predicted octanol–water partition coefficient (Wildman–Crippen LogP) is 0.784. The maximum atomic E-state index is 8.97. The van der Waals surface area contributed by atoms with E-state index in [1.54, 1.807) is 7.11 Å². The minimum absolute atomic E-state index is 0.359. The highest BCUT2D eigenvalue weighted by Gasteiger charge is 2.22. The van der Waals surface area contributed by atoms with E-state index in [1.807, 2.05) is 17.9 Å². The average Bonchev–Trinajstić information content (AvgIpc) is 2.48. The Hall–Kier alpha value is -1.91. The first-order valence-corrected chi connectivity index (χ1v) is 6.63. The van der Waals surface area contributed by atoms with Gasteiger partial charge >= 0.3 is 0 Å². The molecule has 0 saturated carbocycles. The standard InChI is InChI=1S/C13H19N5O2/c1-3-15-11-6-13(17-12(16-11)9-19-2)18-4-5-20-10(7-14)8-18/h6,10H,3-5,8-9H2,1-2H3,(H,15,16,17). The second kappa shape index (κ2) is 7.03. The van der Waals surface area contributed by atoms with E-state index < -0.39 is 6.10 Å². The quantitative estimate of drug-likeness (QED) is 0.851. The molecular weight excluding hydrogens is 258 g/mol. The lowest BCUT2D eigenvalue weighted by Crippen LogP contribution is -2.42. The van der Waals surface area contributed by atoms with Gasteiger partial charge in [-0.1, -0.05) is 0 Å². The van der Waals surface area contributed by atoms with E-state index in [9.17, 15) is 0 Å². The molecule has 1 atom stereocenters. The summed E-state index contributed by atoms with van der Waals surface area (Å²) in [5.74, 6) is 2.19. The Morgan fingerprint density at radius 1 is 1.60 bits per heavy atom. The van der Waals surface area contributed by atoms with Crippen LogP contribution in [0.25, 0.3) is 0 Å². The van der Waals surface area contributed by atoms with Crippen molar-refractivity contribution < 1.29 is 9.47 Å². The lowest BCUT2D eigenvalue weighted by molar-refractivity contribution is 0.0761. The van der Waals surface area contributed by atoms with Crippen molar-refractivity contribution in [2.24, 2.45) is 0 Å². The van der Waals surface area contributed by atoms with Crippen LogP contribution in [0.3, 0.4) is 0 Å². The molecule has 0 spiro atoms. The van der Waals surface area contributed by atoms with Crippen LogP contribution in [-0.4, -0.2) is 49.4 Å². The molecule has 7 nitrogen and oxygen atoms in total. The highest BCUT2D eigenvalue weighted by molar-refractivity contribution is 5.50. The Morgan fingerprint density at radius 2 is 2.45 bits per heavy atom. The molecule has 0 aliphatic carbocycles. The molecule has 0 aromatic carbocycles. The zero-order chi connectivity index (χ0) is 14.4. The van der Waals surface area contributed by atoms with Crippen LogP contribution in [0.15, 0.2) is 6.07 Å². The smallest absolute Gasteiger partial charge is 0.161 e. The number of nitrogens with one attached hydrogen (secondary N) is 1. The third-order valence-electron chi connectivity index (χ3n) is 2.92. The minimum atomic E-state index is -0.410. The van der Waals surface area contributed by atoms with Crippen LogP contribution in [0.4, 0.5) is 11.6 Å². The van der Waals surface area contributed by atoms with Crippen molar-refractivity contribution >= 4 is 11.6 Å². The zero-order valence-electron chi connectivity index (χ0n) is 11.8. The summed E-state index contributed by atoms with van der Waals surface area (Å²) in [5, 5.41) is 12.1. The number of anilines is 2. The summed E-state index contributed by atoms with van der Waals surface area (Å²) in [5.41, 5.74) is 0. The second-order valence-electron chi connectivity index (χ2n) is 4.43. The van der Waals surface area contributed by atoms with Gasteiger partial charge in [0.1, 0.15) is 18.2 Å². The van der Waals surface area contributed by atoms with Crippen molar-refractivity contribution in [1.29, 1.82) is 5.26 Å². The number of aromatic nitrogens is 2. The summed E-state index contributed by atoms with van der Waals surface area (Å²) in [7, 11) is 1.61. The zero-order valence-corrected chi connectivity index (χ0v) is 11.8. The van der Waals surface area contributed by atoms with Crippen LogP contribution in [-0.2, 0) is 16.1 Å². The lowest BCUT2D eigenvalue weighted by atomic mass is 10.3. The molecule has 1 N–H and O–H groups in total. The number of ether oxygens (including phenoxy) is 2. The number of morpholine rings is 1. The van der Waals surface area contributed by atoms with Crippen molar-refractivity contribution in [3.63, 3.8) is 0 Å². The molecule has 2 heterocycles. The summed E-state index contributed by atoms with van der Waals surface area (Å²) in [6.07, 6.45) is -0.410. The molecule has 1 aromatic heterocycles. The number of methoxy groups -OCH3 is 1. The first-order valence-electron chi connectivity index (χ1n) is 6.63. The summed E-state index contributed by atoms with van der Waals surface area (Å²) >= 11 is 0. The Balaban J connectivity index is 2.22. The Bertz CT molecular complexity index is 464. The van der Waals surface area contributed by atoms with Gasteiger partial charge in [-0.3, -0.25) is 0 Å². The van der Waals surface area contributed by atoms with Crippen LogP contribution in [0.5, 0.6) is 0 Å². The van der Waals surface area contributed by atoms with Crippen LogP contribution in [0, 0.1) is 11.3 Å². The average molecular weight is 277 g/mol. The number of nitriles is 1. The van der Waals surface area contributed by atoms with Gasteiger partial charge in [0.25, 0.3) is 0 Å². The van der Waals surface area contributed by atoms with E-state index in [2.05, 4.69) is 21.4 Å². The van der Waals surface area contributed by atoms with Gasteiger partial charge in [-0.25, -0.2) is 9.97 Å². The lowest BCUT2D eigenvalue weighted by Gasteiger charge is -2.31. The van der Waals surface area contributed by atoms with Crippen LogP contribution < -0.4 is 10.2 Å². The van der Waals surface area contributed by atoms with Gasteiger partial charge in [0, 0.05) is 26.3 Å². The largest absolute Gasteiger partial charge is 0.377 e. The third kappa shape index (κ3) is 3.56. The molecule has 2 rings (SSSR count). The van der Waals surface area contributed by atoms with Gasteiger partial charge in [0.2, 0.25) is 0 Å². The molecule has 1 fully saturated rings. The van der Waals surface area contributed by atoms with E-state index in [0.717, 1.165) is 18.2 Å². The van der Waals surface area contributed by atoms with E-state index >= 15 is 0 Å². The number of hydrogen-bond acceptors (Lipinski definition) is 7. The van der Waals surface area contributed by atoms with Gasteiger partial charge in [0.05, 0.1) is 19.2 Å². The molecule has 0 bridgehead atoms. The fourth-order valence-corrected chi connectivity index (χ4v) is 2.05. The fraction of sp³-hybridized carbons (Fsp3) is 0.615. The molecule has 20 heavy (non-hydrogen) atoms. The summed E-state index contributed by atoms with van der Waals surface area (Å²) in [4.78, 5) is 10.9. The van der Waals surface area contributed by atoms with Crippen molar-refractivity contribution in [1.82, 2.24) is 9.97 Å². The molecule has 1 aliphatic heterocycles. The monoisotopic (exact) mass is 277 g/mol. The molecule has 1 aromatic rings. The summed E-state index contributed by atoms with van der Waals surface area (Å²) < 4.78 is 10.4. The molecular formula is C13H19N5O2. The molecule has 0 amide bonds. The summed E-state index contributed by atoms with van der Waals surface area (Å²) in [6, 6.07) is 4.03. The van der Waals surface area contributed by atoms with Gasteiger partial charge < -0.3 is 19.7 Å². The van der Waals surface area contributed by atoms with Gasteiger partial charge in [0.15, 0.2) is 11.9 Å². The number of nitrogens with zero attached hydrogens (tertiary/aromatic N) is 4. The first-order chi connectivity index (χ1) is 9.76. The highest BCUT2D eigenvalue weighted by Crippen LogP contribution is 2.19. The van der Waals surface area contributed by atoms with Crippen molar-refractivity contribution in [2.75, 3.05) is 43.6 Å². The molecule has 0 radical (unpaired) electrons. The molecule has 1 aliphatic rings. The van der Waals surface area contributed by atoms with Gasteiger partial charge in [-0.2, -0.15) is 5.26 Å². The Labute approximate surface area is 118 Å². The van der Waals surface area contributed by atoms with Crippen molar-refractivity contribution in [2.45, 2.75) is 19.6 Å². The SMILES string of the molecule is CCNc1cc(N2CCOC(C#N)C2)nc(COC)n1. The fourth-order valence-electron chi connectivity index (χ4n) is 2.05. The Morgan fingerprint density at radius 3 is 3.15 bits per heavy atom. The normalized spacial score (nSPS) is 18.6. The van der Waals surface area contributed by atoms with E-state index in [1.165, 1.54) is 0 Å². The van der Waals surface area contributed by atoms with E-state index in [4.69, 9.17) is 14.7 Å². The maximum absolute atomic E-state index is 8.97. The van der Waals surface area contributed by atoms with Gasteiger partial charge in [-0.15, -0.1) is 0 Å². The number of rotatable bonds is 5. The minimum Gasteiger partial charge on any atom is -0.377 e. The molecule has 1 saturated heterocycles. The topological polar surface area (TPSA) is 83.3 Å². The molecule has 1 unspecified atom stereocenters. The third-order valence-corrected chi connectivity index (χ3v) is 2.92. The van der Waals surface area contributed by atoms with Crippen LogP contribution >= 0.6 is 0 Å². The van der Waals surface area contributed by atoms with Crippen LogP contribution in [0.1, 0.15) is 12.7 Å². The van der Waals surface area contributed by atoms with Crippen LogP contribution in [0.2, 0.25) is 0 Å². The van der Waals surface area contributed by atoms with Gasteiger partial charge in [-0.05, 0) is 6.92 Å².